The minimum Gasteiger partial charge on any atom is -0.372 e. The van der Waals surface area contributed by atoms with Crippen LogP contribution in [0.4, 0.5) is 11.4 Å². The highest BCUT2D eigenvalue weighted by Crippen LogP contribution is 2.27. The van der Waals surface area contributed by atoms with Gasteiger partial charge in [0, 0.05) is 37.3 Å². The van der Waals surface area contributed by atoms with E-state index in [1.54, 1.807) is 37.3 Å². The SMILES string of the molecule is CN(C)c1ccc(C(=O)NCc2csc(-c3ccccn3)n2)cc1[N+](=O)[O-]. The van der Waals surface area contributed by atoms with Crippen LogP contribution < -0.4 is 10.2 Å². The molecular formula is C18H17N5O3S. The van der Waals surface area contributed by atoms with Gasteiger partial charge < -0.3 is 10.2 Å². The molecule has 3 rings (SSSR count). The summed E-state index contributed by atoms with van der Waals surface area (Å²) in [5.41, 5.74) is 2.03. The zero-order valence-corrected chi connectivity index (χ0v) is 15.6. The van der Waals surface area contributed by atoms with E-state index in [4.69, 9.17) is 0 Å². The highest BCUT2D eigenvalue weighted by Gasteiger charge is 2.19. The second-order valence-corrected chi connectivity index (χ2v) is 6.75. The van der Waals surface area contributed by atoms with Gasteiger partial charge in [0.25, 0.3) is 11.6 Å². The number of carbonyl (C=O) groups excluding carboxylic acids is 1. The molecule has 0 bridgehead atoms. The summed E-state index contributed by atoms with van der Waals surface area (Å²) in [6, 6.07) is 10.00. The molecule has 0 spiro atoms. The zero-order valence-electron chi connectivity index (χ0n) is 14.7. The maximum absolute atomic E-state index is 12.4. The molecule has 0 fully saturated rings. The molecule has 0 saturated heterocycles. The molecule has 0 atom stereocenters. The minimum atomic E-state index is -0.494. The molecule has 1 N–H and O–H groups in total. The number of hydrogen-bond donors (Lipinski definition) is 1. The van der Waals surface area contributed by atoms with Crippen LogP contribution in [0.15, 0.2) is 48.0 Å². The minimum absolute atomic E-state index is 0.112. The molecule has 0 aliphatic rings. The average Bonchev–Trinajstić information content (AvgIpc) is 3.15. The van der Waals surface area contributed by atoms with E-state index in [1.165, 1.54) is 17.4 Å². The first-order valence-electron chi connectivity index (χ1n) is 8.05. The van der Waals surface area contributed by atoms with Gasteiger partial charge in [-0.2, -0.15) is 0 Å². The van der Waals surface area contributed by atoms with Crippen LogP contribution in [-0.2, 0) is 6.54 Å². The fourth-order valence-corrected chi connectivity index (χ4v) is 3.25. The molecule has 0 saturated carbocycles. The zero-order chi connectivity index (χ0) is 19.4. The van der Waals surface area contributed by atoms with E-state index in [9.17, 15) is 14.9 Å². The summed E-state index contributed by atoms with van der Waals surface area (Å²) in [5, 5.41) is 16.6. The summed E-state index contributed by atoms with van der Waals surface area (Å²) >= 11 is 1.44. The van der Waals surface area contributed by atoms with Crippen molar-refractivity contribution < 1.29 is 9.72 Å². The van der Waals surface area contributed by atoms with Gasteiger partial charge in [-0.1, -0.05) is 6.07 Å². The van der Waals surface area contributed by atoms with Crippen molar-refractivity contribution in [2.24, 2.45) is 0 Å². The summed E-state index contributed by atoms with van der Waals surface area (Å²) in [7, 11) is 3.42. The largest absolute Gasteiger partial charge is 0.372 e. The lowest BCUT2D eigenvalue weighted by atomic mass is 10.1. The van der Waals surface area contributed by atoms with E-state index in [0.717, 1.165) is 10.7 Å². The predicted octanol–water partition coefficient (Wildman–Crippen LogP) is 3.11. The molecular weight excluding hydrogens is 366 g/mol. The Balaban J connectivity index is 1.70. The molecule has 2 aromatic heterocycles. The topological polar surface area (TPSA) is 101 Å². The van der Waals surface area contributed by atoms with Gasteiger partial charge >= 0.3 is 0 Å². The highest BCUT2D eigenvalue weighted by molar-refractivity contribution is 7.13. The Hall–Kier alpha value is -3.33. The van der Waals surface area contributed by atoms with Gasteiger partial charge in [0.1, 0.15) is 10.7 Å². The van der Waals surface area contributed by atoms with E-state index < -0.39 is 10.8 Å². The number of hydrogen-bond acceptors (Lipinski definition) is 7. The van der Waals surface area contributed by atoms with Gasteiger partial charge in [0.2, 0.25) is 0 Å². The highest BCUT2D eigenvalue weighted by atomic mass is 32.1. The Morgan fingerprint density at radius 3 is 2.78 bits per heavy atom. The molecule has 1 amide bonds. The lowest BCUT2D eigenvalue weighted by molar-refractivity contribution is -0.384. The smallest absolute Gasteiger partial charge is 0.293 e. The normalized spacial score (nSPS) is 10.4. The van der Waals surface area contributed by atoms with Crippen LogP contribution in [0, 0.1) is 10.1 Å². The standard InChI is InChI=1S/C18H17N5O3S/c1-22(2)15-7-6-12(9-16(15)23(25)26)17(24)20-10-13-11-27-18(21-13)14-5-3-4-8-19-14/h3-9,11H,10H2,1-2H3,(H,20,24). The number of aromatic nitrogens is 2. The summed E-state index contributed by atoms with van der Waals surface area (Å²) < 4.78 is 0. The number of rotatable bonds is 6. The first kappa shape index (κ1) is 18.5. The monoisotopic (exact) mass is 383 g/mol. The molecule has 0 aliphatic heterocycles. The fourth-order valence-electron chi connectivity index (χ4n) is 2.46. The summed E-state index contributed by atoms with van der Waals surface area (Å²) in [6.07, 6.45) is 1.70. The fraction of sp³-hybridized carbons (Fsp3) is 0.167. The van der Waals surface area contributed by atoms with Crippen LogP contribution in [0.5, 0.6) is 0 Å². The van der Waals surface area contributed by atoms with Crippen molar-refractivity contribution in [3.8, 4) is 10.7 Å². The van der Waals surface area contributed by atoms with Crippen molar-refractivity contribution >= 4 is 28.6 Å². The van der Waals surface area contributed by atoms with Crippen LogP contribution in [0.1, 0.15) is 16.1 Å². The molecule has 27 heavy (non-hydrogen) atoms. The molecule has 0 aliphatic carbocycles. The van der Waals surface area contributed by atoms with Crippen molar-refractivity contribution in [3.05, 3.63) is 69.3 Å². The van der Waals surface area contributed by atoms with Gasteiger partial charge in [-0.3, -0.25) is 19.9 Å². The van der Waals surface area contributed by atoms with Crippen molar-refractivity contribution in [2.75, 3.05) is 19.0 Å². The number of nitrogens with one attached hydrogen (secondary N) is 1. The van der Waals surface area contributed by atoms with Gasteiger partial charge in [0.05, 0.1) is 22.9 Å². The van der Waals surface area contributed by atoms with Gasteiger partial charge in [-0.25, -0.2) is 4.98 Å². The second-order valence-electron chi connectivity index (χ2n) is 5.90. The number of nitro groups is 1. The summed E-state index contributed by atoms with van der Waals surface area (Å²) in [5.74, 6) is -0.393. The van der Waals surface area contributed by atoms with Crippen LogP contribution in [0.2, 0.25) is 0 Å². The lowest BCUT2D eigenvalue weighted by Gasteiger charge is -2.13. The maximum atomic E-state index is 12.4. The van der Waals surface area contributed by atoms with Gasteiger partial charge in [-0.15, -0.1) is 11.3 Å². The lowest BCUT2D eigenvalue weighted by Crippen LogP contribution is -2.23. The third-order valence-corrected chi connectivity index (χ3v) is 4.70. The number of nitro benzene ring substituents is 1. The van der Waals surface area contributed by atoms with Crippen molar-refractivity contribution in [1.82, 2.24) is 15.3 Å². The van der Waals surface area contributed by atoms with E-state index in [-0.39, 0.29) is 17.8 Å². The third kappa shape index (κ3) is 4.26. The molecule has 138 valence electrons. The summed E-state index contributed by atoms with van der Waals surface area (Å²) in [6.45, 7) is 0.228. The van der Waals surface area contributed by atoms with Crippen LogP contribution >= 0.6 is 11.3 Å². The number of amides is 1. The third-order valence-electron chi connectivity index (χ3n) is 3.78. The number of nitrogens with zero attached hydrogens (tertiary/aromatic N) is 4. The van der Waals surface area contributed by atoms with E-state index in [2.05, 4.69) is 15.3 Å². The number of carbonyl (C=O) groups is 1. The molecule has 0 unspecified atom stereocenters. The van der Waals surface area contributed by atoms with Gasteiger partial charge in [0.15, 0.2) is 0 Å². The second kappa shape index (κ2) is 7.92. The molecule has 3 aromatic rings. The van der Waals surface area contributed by atoms with Crippen LogP contribution in [0.25, 0.3) is 10.7 Å². The quantitative estimate of drug-likeness (QED) is 0.518. The van der Waals surface area contributed by atoms with E-state index in [0.29, 0.717) is 11.4 Å². The average molecular weight is 383 g/mol. The van der Waals surface area contributed by atoms with E-state index >= 15 is 0 Å². The van der Waals surface area contributed by atoms with Crippen LogP contribution in [0.3, 0.4) is 0 Å². The number of thiazole rings is 1. The Labute approximate surface area is 159 Å². The number of anilines is 1. The summed E-state index contributed by atoms with van der Waals surface area (Å²) in [4.78, 5) is 33.5. The molecule has 0 radical (unpaired) electrons. The molecule has 9 heteroatoms. The molecule has 2 heterocycles. The molecule has 8 nitrogen and oxygen atoms in total. The Morgan fingerprint density at radius 1 is 1.30 bits per heavy atom. The number of pyridine rings is 1. The van der Waals surface area contributed by atoms with Crippen LogP contribution in [-0.4, -0.2) is 34.9 Å². The first-order chi connectivity index (χ1) is 13.0. The van der Waals surface area contributed by atoms with Crippen molar-refractivity contribution in [2.45, 2.75) is 6.54 Å². The first-order valence-corrected chi connectivity index (χ1v) is 8.93. The van der Waals surface area contributed by atoms with Gasteiger partial charge in [-0.05, 0) is 24.3 Å². The van der Waals surface area contributed by atoms with Crippen molar-refractivity contribution in [1.29, 1.82) is 0 Å². The number of benzene rings is 1. The molecule has 1 aromatic carbocycles. The van der Waals surface area contributed by atoms with E-state index in [1.807, 2.05) is 23.6 Å². The van der Waals surface area contributed by atoms with Crippen molar-refractivity contribution in [3.63, 3.8) is 0 Å². The Kier molecular flexibility index (Phi) is 5.41. The Bertz CT molecular complexity index is 972. The Morgan fingerprint density at radius 2 is 2.11 bits per heavy atom. The maximum Gasteiger partial charge on any atom is 0.293 e. The predicted molar refractivity (Wildman–Crippen MR) is 104 cm³/mol.